The van der Waals surface area contributed by atoms with Crippen LogP contribution in [-0.4, -0.2) is 9.97 Å². The predicted molar refractivity (Wildman–Crippen MR) is 128 cm³/mol. The van der Waals surface area contributed by atoms with Crippen molar-refractivity contribution in [3.8, 4) is 11.3 Å². The number of aryl methyl sites for hydroxylation is 1. The van der Waals surface area contributed by atoms with Crippen LogP contribution in [0.4, 0.5) is 11.6 Å². The minimum absolute atomic E-state index is 0.200. The normalized spacial score (nSPS) is 14.6. The lowest BCUT2D eigenvalue weighted by molar-refractivity contribution is 0.782. The van der Waals surface area contributed by atoms with Gasteiger partial charge in [0.25, 0.3) is 0 Å². The van der Waals surface area contributed by atoms with E-state index in [0.29, 0.717) is 5.95 Å². The van der Waals surface area contributed by atoms with E-state index in [-0.39, 0.29) is 5.92 Å². The van der Waals surface area contributed by atoms with Crippen LogP contribution in [0.5, 0.6) is 0 Å². The van der Waals surface area contributed by atoms with Crippen LogP contribution in [0.3, 0.4) is 0 Å². The number of hydrogen-bond donors (Lipinski definition) is 1. The summed E-state index contributed by atoms with van der Waals surface area (Å²) in [6.45, 7) is 2.20. The third-order valence-corrected chi connectivity index (χ3v) is 6.25. The zero-order valence-electron chi connectivity index (χ0n) is 17.5. The van der Waals surface area contributed by atoms with E-state index >= 15 is 0 Å². The Morgan fingerprint density at radius 1 is 0.935 bits per heavy atom. The molecule has 0 saturated heterocycles. The lowest BCUT2D eigenvalue weighted by atomic mass is 9.78. The summed E-state index contributed by atoms with van der Waals surface area (Å²) >= 11 is 6.56. The molecule has 0 bridgehead atoms. The highest BCUT2D eigenvalue weighted by Gasteiger charge is 2.28. The number of benzene rings is 3. The van der Waals surface area contributed by atoms with Gasteiger partial charge < -0.3 is 5.32 Å². The van der Waals surface area contributed by atoms with Crippen molar-refractivity contribution in [3.63, 3.8) is 0 Å². The molecule has 1 unspecified atom stereocenters. The van der Waals surface area contributed by atoms with E-state index in [9.17, 15) is 0 Å². The third kappa shape index (κ3) is 3.94. The second kappa shape index (κ2) is 8.52. The maximum atomic E-state index is 6.56. The van der Waals surface area contributed by atoms with Gasteiger partial charge in [-0.25, -0.2) is 9.97 Å². The van der Waals surface area contributed by atoms with Gasteiger partial charge in [0.15, 0.2) is 0 Å². The fourth-order valence-corrected chi connectivity index (χ4v) is 4.67. The number of fused-ring (bicyclic) bond motifs is 3. The monoisotopic (exact) mass is 425 g/mol. The van der Waals surface area contributed by atoms with E-state index in [0.717, 1.165) is 52.4 Å². The van der Waals surface area contributed by atoms with Crippen molar-refractivity contribution < 1.29 is 0 Å². The first kappa shape index (κ1) is 19.8. The second-order valence-corrected chi connectivity index (χ2v) is 8.41. The molecule has 1 aliphatic rings. The summed E-state index contributed by atoms with van der Waals surface area (Å²) in [4.78, 5) is 9.52. The van der Waals surface area contributed by atoms with Crippen LogP contribution < -0.4 is 5.32 Å². The highest BCUT2D eigenvalue weighted by atomic mass is 35.5. The van der Waals surface area contributed by atoms with Crippen LogP contribution in [0.25, 0.3) is 11.3 Å². The average molecular weight is 426 g/mol. The minimum Gasteiger partial charge on any atom is -0.324 e. The maximum Gasteiger partial charge on any atom is 0.227 e. The van der Waals surface area contributed by atoms with Crippen LogP contribution in [0.2, 0.25) is 5.02 Å². The molecule has 5 rings (SSSR count). The van der Waals surface area contributed by atoms with Gasteiger partial charge in [0.2, 0.25) is 5.95 Å². The zero-order chi connectivity index (χ0) is 21.2. The third-order valence-electron chi connectivity index (χ3n) is 5.91. The molecule has 4 aromatic rings. The molecule has 0 fully saturated rings. The number of halogens is 1. The first-order valence-electron chi connectivity index (χ1n) is 10.8. The van der Waals surface area contributed by atoms with Crippen LogP contribution in [0.15, 0.2) is 79.0 Å². The molecule has 1 atom stereocenters. The van der Waals surface area contributed by atoms with Crippen LogP contribution in [0.1, 0.15) is 41.5 Å². The Bertz CT molecular complexity index is 1220. The summed E-state index contributed by atoms with van der Waals surface area (Å²) in [7, 11) is 0. The van der Waals surface area contributed by atoms with Crippen molar-refractivity contribution >= 4 is 23.2 Å². The number of rotatable bonds is 5. The van der Waals surface area contributed by atoms with Crippen molar-refractivity contribution in [3.05, 3.63) is 106 Å². The molecule has 0 aliphatic heterocycles. The first-order valence-corrected chi connectivity index (χ1v) is 11.2. The van der Waals surface area contributed by atoms with Crippen molar-refractivity contribution in [2.24, 2.45) is 0 Å². The summed E-state index contributed by atoms with van der Waals surface area (Å²) in [5.41, 5.74) is 8.05. The van der Waals surface area contributed by atoms with Gasteiger partial charge in [-0.2, -0.15) is 0 Å². The number of anilines is 2. The van der Waals surface area contributed by atoms with Crippen molar-refractivity contribution in [1.82, 2.24) is 9.97 Å². The standard InChI is InChI=1S/C27H24ClN3/c1-2-7-18-12-14-20(15-13-18)30-27-29-17-19-16-24(22-9-5-6-11-25(22)28)21-8-3-4-10-23(21)26(19)31-27/h3-6,8-15,17,24H,2,7,16H2,1H3,(H,29,30,31). The van der Waals surface area contributed by atoms with E-state index in [2.05, 4.69) is 77.9 Å². The van der Waals surface area contributed by atoms with Crippen molar-refractivity contribution in [2.75, 3.05) is 5.32 Å². The Labute approximate surface area is 188 Å². The second-order valence-electron chi connectivity index (χ2n) is 8.00. The molecular weight excluding hydrogens is 402 g/mol. The molecule has 31 heavy (non-hydrogen) atoms. The molecule has 1 aromatic heterocycles. The summed E-state index contributed by atoms with van der Waals surface area (Å²) in [5, 5.41) is 4.17. The summed E-state index contributed by atoms with van der Waals surface area (Å²) in [5.74, 6) is 0.818. The molecule has 3 nitrogen and oxygen atoms in total. The minimum atomic E-state index is 0.200. The lowest BCUT2D eigenvalue weighted by Gasteiger charge is -2.28. The SMILES string of the molecule is CCCc1ccc(Nc2ncc3c(n2)-c2ccccc2C(c2ccccc2Cl)C3)cc1. The van der Waals surface area contributed by atoms with Gasteiger partial charge in [0.05, 0.1) is 5.69 Å². The molecule has 1 aliphatic carbocycles. The van der Waals surface area contributed by atoms with E-state index in [1.54, 1.807) is 0 Å². The topological polar surface area (TPSA) is 37.8 Å². The molecule has 3 aromatic carbocycles. The fourth-order valence-electron chi connectivity index (χ4n) is 4.40. The molecule has 154 valence electrons. The summed E-state index contributed by atoms with van der Waals surface area (Å²) in [6, 6.07) is 25.1. The largest absolute Gasteiger partial charge is 0.324 e. The van der Waals surface area contributed by atoms with Crippen LogP contribution in [-0.2, 0) is 12.8 Å². The summed E-state index contributed by atoms with van der Waals surface area (Å²) < 4.78 is 0. The van der Waals surface area contributed by atoms with E-state index in [1.165, 1.54) is 11.1 Å². The Balaban J connectivity index is 1.49. The van der Waals surface area contributed by atoms with Gasteiger partial charge in [-0.1, -0.05) is 79.5 Å². The summed E-state index contributed by atoms with van der Waals surface area (Å²) in [6.07, 6.45) is 5.03. The Morgan fingerprint density at radius 3 is 2.45 bits per heavy atom. The zero-order valence-corrected chi connectivity index (χ0v) is 18.2. The van der Waals surface area contributed by atoms with E-state index in [4.69, 9.17) is 16.6 Å². The smallest absolute Gasteiger partial charge is 0.227 e. The Morgan fingerprint density at radius 2 is 1.68 bits per heavy atom. The van der Waals surface area contributed by atoms with Crippen LogP contribution in [0, 0.1) is 0 Å². The van der Waals surface area contributed by atoms with Gasteiger partial charge in [-0.05, 0) is 53.3 Å². The van der Waals surface area contributed by atoms with Gasteiger partial charge >= 0.3 is 0 Å². The molecule has 0 spiro atoms. The Hall–Kier alpha value is -3.17. The predicted octanol–water partition coefficient (Wildman–Crippen LogP) is 7.18. The van der Waals surface area contributed by atoms with Crippen molar-refractivity contribution in [2.45, 2.75) is 32.1 Å². The fraction of sp³-hybridized carbons (Fsp3) is 0.185. The van der Waals surface area contributed by atoms with Gasteiger partial charge in [-0.15, -0.1) is 0 Å². The van der Waals surface area contributed by atoms with Crippen molar-refractivity contribution in [1.29, 1.82) is 0 Å². The van der Waals surface area contributed by atoms with E-state index in [1.807, 2.05) is 18.3 Å². The lowest BCUT2D eigenvalue weighted by Crippen LogP contribution is -2.15. The molecule has 0 amide bonds. The quantitative estimate of drug-likeness (QED) is 0.368. The molecule has 1 N–H and O–H groups in total. The maximum absolute atomic E-state index is 6.56. The Kier molecular flexibility index (Phi) is 5.44. The highest BCUT2D eigenvalue weighted by molar-refractivity contribution is 6.31. The van der Waals surface area contributed by atoms with Gasteiger partial charge in [-0.3, -0.25) is 0 Å². The molecule has 4 heteroatoms. The number of nitrogens with one attached hydrogen (secondary N) is 1. The number of aromatic nitrogens is 2. The number of nitrogens with zero attached hydrogens (tertiary/aromatic N) is 2. The first-order chi connectivity index (χ1) is 15.2. The average Bonchev–Trinajstić information content (AvgIpc) is 2.81. The van der Waals surface area contributed by atoms with Crippen LogP contribution >= 0.6 is 11.6 Å². The van der Waals surface area contributed by atoms with Gasteiger partial charge in [0, 0.05) is 28.4 Å². The molecular formula is C27H24ClN3. The highest BCUT2D eigenvalue weighted by Crippen LogP contribution is 2.43. The molecule has 0 saturated carbocycles. The molecule has 1 heterocycles. The molecule has 0 radical (unpaired) electrons. The number of hydrogen-bond acceptors (Lipinski definition) is 3. The van der Waals surface area contributed by atoms with E-state index < -0.39 is 0 Å². The van der Waals surface area contributed by atoms with Gasteiger partial charge in [0.1, 0.15) is 0 Å².